The lowest BCUT2D eigenvalue weighted by Gasteiger charge is -2.00. The number of carbonyl (C=O) groups excluding carboxylic acids is 1. The lowest BCUT2D eigenvalue weighted by atomic mass is 10.1. The summed E-state index contributed by atoms with van der Waals surface area (Å²) in [7, 11) is 0. The molecule has 0 aliphatic heterocycles. The van der Waals surface area contributed by atoms with Crippen molar-refractivity contribution in [2.24, 2.45) is 5.10 Å². The van der Waals surface area contributed by atoms with E-state index in [9.17, 15) is 14.7 Å². The van der Waals surface area contributed by atoms with Crippen LogP contribution in [0.25, 0.3) is 0 Å². The number of benzene rings is 1. The number of rotatable bonds is 4. The number of nitrogens with one attached hydrogen (secondary N) is 3. The third kappa shape index (κ3) is 4.11. The molecule has 0 aliphatic rings. The first-order valence-electron chi connectivity index (χ1n) is 5.97. The van der Waals surface area contributed by atoms with Crippen molar-refractivity contribution in [1.29, 1.82) is 0 Å². The highest BCUT2D eigenvalue weighted by molar-refractivity contribution is 7.71. The van der Waals surface area contributed by atoms with Gasteiger partial charge >= 0.3 is 0 Å². The molecule has 2 aromatic rings. The van der Waals surface area contributed by atoms with Crippen molar-refractivity contribution in [2.45, 2.75) is 6.42 Å². The summed E-state index contributed by atoms with van der Waals surface area (Å²) in [5, 5.41) is 13.2. The molecule has 1 heterocycles. The van der Waals surface area contributed by atoms with Crippen molar-refractivity contribution >= 4 is 24.3 Å². The predicted octanol–water partition coefficient (Wildman–Crippen LogP) is 0.831. The first-order chi connectivity index (χ1) is 10.1. The van der Waals surface area contributed by atoms with Crippen molar-refractivity contribution in [3.05, 3.63) is 56.6 Å². The minimum atomic E-state index is -0.600. The van der Waals surface area contributed by atoms with Gasteiger partial charge in [0.25, 0.3) is 5.56 Å². The summed E-state index contributed by atoms with van der Waals surface area (Å²) in [5.41, 5.74) is 2.40. The normalized spacial score (nSPS) is 10.7. The number of aromatic nitrogens is 2. The van der Waals surface area contributed by atoms with Crippen LogP contribution in [-0.4, -0.2) is 27.2 Å². The van der Waals surface area contributed by atoms with E-state index in [-0.39, 0.29) is 22.7 Å². The van der Waals surface area contributed by atoms with Crippen LogP contribution in [0.5, 0.6) is 5.88 Å². The van der Waals surface area contributed by atoms with Crippen molar-refractivity contribution in [3.8, 4) is 5.88 Å². The third-order valence-corrected chi connectivity index (χ3v) is 2.75. The van der Waals surface area contributed by atoms with Crippen LogP contribution in [0, 0.1) is 4.77 Å². The van der Waals surface area contributed by atoms with E-state index in [1.807, 2.05) is 30.3 Å². The summed E-state index contributed by atoms with van der Waals surface area (Å²) in [6.45, 7) is 0. The van der Waals surface area contributed by atoms with Crippen LogP contribution < -0.4 is 11.0 Å². The van der Waals surface area contributed by atoms with E-state index >= 15 is 0 Å². The Morgan fingerprint density at radius 1 is 1.33 bits per heavy atom. The molecule has 0 fully saturated rings. The van der Waals surface area contributed by atoms with Crippen molar-refractivity contribution in [1.82, 2.24) is 15.4 Å². The van der Waals surface area contributed by atoms with Crippen LogP contribution in [-0.2, 0) is 11.2 Å². The average Bonchev–Trinajstić information content (AvgIpc) is 2.42. The number of hydrazone groups is 1. The van der Waals surface area contributed by atoms with Crippen LogP contribution in [0.2, 0.25) is 0 Å². The lowest BCUT2D eigenvalue weighted by molar-refractivity contribution is -0.120. The summed E-state index contributed by atoms with van der Waals surface area (Å²) in [6.07, 6.45) is 1.21. The summed E-state index contributed by atoms with van der Waals surface area (Å²) in [4.78, 5) is 27.8. The van der Waals surface area contributed by atoms with Gasteiger partial charge in [-0.2, -0.15) is 5.10 Å². The molecule has 21 heavy (non-hydrogen) atoms. The average molecular weight is 304 g/mol. The Kier molecular flexibility index (Phi) is 4.62. The molecule has 0 saturated carbocycles. The molecule has 2 rings (SSSR count). The van der Waals surface area contributed by atoms with Crippen LogP contribution in [0.4, 0.5) is 0 Å². The molecule has 1 amide bonds. The number of hydrogen-bond donors (Lipinski definition) is 4. The Bertz CT molecular complexity index is 780. The molecule has 0 atom stereocenters. The number of aromatic amines is 2. The molecule has 1 aromatic heterocycles. The van der Waals surface area contributed by atoms with Gasteiger partial charge < -0.3 is 10.1 Å². The third-order valence-electron chi connectivity index (χ3n) is 2.55. The predicted molar refractivity (Wildman–Crippen MR) is 79.8 cm³/mol. The topological polar surface area (TPSA) is 110 Å². The second kappa shape index (κ2) is 6.62. The first-order valence-corrected chi connectivity index (χ1v) is 6.38. The Hall–Kier alpha value is -2.74. The second-order valence-corrected chi connectivity index (χ2v) is 4.53. The summed E-state index contributed by atoms with van der Waals surface area (Å²) < 4.78 is 0.00256. The van der Waals surface area contributed by atoms with Gasteiger partial charge in [0.15, 0.2) is 4.77 Å². The standard InChI is InChI=1S/C13H12N4O3S/c18-10(6-8-4-2-1-3-5-8)17-14-7-9-11(19)15-13(21)16-12(9)20/h1-5,7H,6H2,(H,17,18)(H3,15,16,19,20,21)/b14-7+. The Morgan fingerprint density at radius 3 is 2.71 bits per heavy atom. The van der Waals surface area contributed by atoms with Crippen LogP contribution >= 0.6 is 12.2 Å². The number of amides is 1. The Labute approximate surface area is 124 Å². The Morgan fingerprint density at radius 2 is 2.05 bits per heavy atom. The molecule has 0 radical (unpaired) electrons. The van der Waals surface area contributed by atoms with Gasteiger partial charge in [0.1, 0.15) is 5.56 Å². The molecule has 4 N–H and O–H groups in total. The highest BCUT2D eigenvalue weighted by Crippen LogP contribution is 2.03. The maximum Gasteiger partial charge on any atom is 0.264 e. The van der Waals surface area contributed by atoms with E-state index in [0.717, 1.165) is 11.8 Å². The quantitative estimate of drug-likeness (QED) is 0.381. The molecular weight excluding hydrogens is 292 g/mol. The van der Waals surface area contributed by atoms with Gasteiger partial charge in [-0.15, -0.1) is 0 Å². The van der Waals surface area contributed by atoms with E-state index in [0.29, 0.717) is 0 Å². The number of aromatic hydroxyl groups is 1. The van der Waals surface area contributed by atoms with Crippen molar-refractivity contribution in [2.75, 3.05) is 0 Å². The maximum atomic E-state index is 11.6. The van der Waals surface area contributed by atoms with Gasteiger partial charge in [-0.1, -0.05) is 30.3 Å². The van der Waals surface area contributed by atoms with Crippen molar-refractivity contribution in [3.63, 3.8) is 0 Å². The van der Waals surface area contributed by atoms with Gasteiger partial charge in [0.2, 0.25) is 11.8 Å². The first kappa shape index (κ1) is 14.7. The molecule has 8 heteroatoms. The number of nitrogens with zero attached hydrogens (tertiary/aromatic N) is 1. The van der Waals surface area contributed by atoms with Gasteiger partial charge in [0, 0.05) is 0 Å². The lowest BCUT2D eigenvalue weighted by Crippen LogP contribution is -2.21. The van der Waals surface area contributed by atoms with E-state index in [1.54, 1.807) is 0 Å². The van der Waals surface area contributed by atoms with E-state index in [4.69, 9.17) is 0 Å². The molecular formula is C13H12N4O3S. The summed E-state index contributed by atoms with van der Waals surface area (Å²) in [5.74, 6) is -0.748. The monoisotopic (exact) mass is 304 g/mol. The fourth-order valence-electron chi connectivity index (χ4n) is 1.59. The number of H-pyrrole nitrogens is 2. The Balaban J connectivity index is 2.01. The number of hydrogen-bond acceptors (Lipinski definition) is 5. The van der Waals surface area contributed by atoms with Crippen molar-refractivity contribution < 1.29 is 9.90 Å². The van der Waals surface area contributed by atoms with Crippen LogP contribution in [0.1, 0.15) is 11.1 Å². The van der Waals surface area contributed by atoms with E-state index in [2.05, 4.69) is 32.7 Å². The fourth-order valence-corrected chi connectivity index (χ4v) is 1.78. The highest BCUT2D eigenvalue weighted by atomic mass is 32.1. The van der Waals surface area contributed by atoms with Gasteiger partial charge in [-0.05, 0) is 17.8 Å². The zero-order valence-electron chi connectivity index (χ0n) is 10.8. The fraction of sp³-hybridized carbons (Fsp3) is 0.0769. The maximum absolute atomic E-state index is 11.6. The smallest absolute Gasteiger partial charge is 0.264 e. The van der Waals surface area contributed by atoms with Gasteiger partial charge in [-0.3, -0.25) is 14.6 Å². The van der Waals surface area contributed by atoms with E-state index in [1.165, 1.54) is 0 Å². The number of carbonyl (C=O) groups is 1. The molecule has 108 valence electrons. The summed E-state index contributed by atoms with van der Waals surface area (Å²) in [6, 6.07) is 9.15. The second-order valence-electron chi connectivity index (χ2n) is 4.13. The molecule has 7 nitrogen and oxygen atoms in total. The van der Waals surface area contributed by atoms with Gasteiger partial charge in [-0.25, -0.2) is 5.43 Å². The molecule has 0 saturated heterocycles. The van der Waals surface area contributed by atoms with Crippen LogP contribution in [0.3, 0.4) is 0 Å². The van der Waals surface area contributed by atoms with Gasteiger partial charge in [0.05, 0.1) is 12.6 Å². The SMILES string of the molecule is O=C(Cc1ccccc1)N/N=C/c1c(O)[nH]c(=S)[nH]c1=O. The van der Waals surface area contributed by atoms with E-state index < -0.39 is 11.4 Å². The minimum Gasteiger partial charge on any atom is -0.494 e. The largest absolute Gasteiger partial charge is 0.494 e. The molecule has 0 aliphatic carbocycles. The minimum absolute atomic E-state index is 0.00256. The zero-order valence-corrected chi connectivity index (χ0v) is 11.6. The molecule has 0 bridgehead atoms. The molecule has 0 unspecified atom stereocenters. The molecule has 0 spiro atoms. The molecule has 1 aromatic carbocycles. The summed E-state index contributed by atoms with van der Waals surface area (Å²) >= 11 is 4.69. The van der Waals surface area contributed by atoms with Crippen LogP contribution in [0.15, 0.2) is 40.2 Å². The zero-order chi connectivity index (χ0) is 15.2. The highest BCUT2D eigenvalue weighted by Gasteiger charge is 2.05.